The van der Waals surface area contributed by atoms with Crippen molar-refractivity contribution < 1.29 is 13.2 Å². The van der Waals surface area contributed by atoms with Crippen molar-refractivity contribution in [2.75, 3.05) is 23.9 Å². The Balaban J connectivity index is 1.68. The number of hydrogen-bond acceptors (Lipinski definition) is 6. The number of benzene rings is 1. The fourth-order valence-corrected chi connectivity index (χ4v) is 5.65. The number of hydrogen-bond donors (Lipinski definition) is 1. The molecule has 1 aromatic carbocycles. The van der Waals surface area contributed by atoms with E-state index in [0.29, 0.717) is 6.42 Å². The summed E-state index contributed by atoms with van der Waals surface area (Å²) >= 11 is 1.62. The van der Waals surface area contributed by atoms with E-state index in [1.807, 2.05) is 25.1 Å². The molecule has 1 saturated heterocycles. The number of carbonyl (C=O) groups is 1. The Morgan fingerprint density at radius 3 is 2.88 bits per heavy atom. The number of amides is 1. The van der Waals surface area contributed by atoms with E-state index in [4.69, 9.17) is 0 Å². The molecule has 130 valence electrons. The molecule has 24 heavy (non-hydrogen) atoms. The molecule has 1 aliphatic heterocycles. The Bertz CT molecular complexity index is 876. The third kappa shape index (κ3) is 3.54. The maximum Gasteiger partial charge on any atom is 0.244 e. The van der Waals surface area contributed by atoms with Crippen molar-refractivity contribution in [1.82, 2.24) is 9.88 Å². The molecule has 1 aliphatic rings. The number of aromatic nitrogens is 1. The summed E-state index contributed by atoms with van der Waals surface area (Å²) in [4.78, 5) is 18.6. The number of fused-ring (bicyclic) bond motifs is 1. The van der Waals surface area contributed by atoms with Gasteiger partial charge in [-0.1, -0.05) is 0 Å². The third-order valence-corrected chi connectivity index (χ3v) is 7.04. The van der Waals surface area contributed by atoms with Gasteiger partial charge in [-0.3, -0.25) is 4.79 Å². The summed E-state index contributed by atoms with van der Waals surface area (Å²) in [5.41, 5.74) is 1.81. The summed E-state index contributed by atoms with van der Waals surface area (Å²) in [6.45, 7) is 3.76. The number of rotatable bonds is 4. The number of nitrogens with one attached hydrogen (secondary N) is 1. The van der Waals surface area contributed by atoms with E-state index in [1.165, 1.54) is 0 Å². The molecule has 0 bridgehead atoms. The molecule has 1 fully saturated rings. The van der Waals surface area contributed by atoms with Crippen LogP contribution in [0, 0.1) is 6.92 Å². The molecule has 6 nitrogen and oxygen atoms in total. The minimum Gasteiger partial charge on any atom is -0.374 e. The van der Waals surface area contributed by atoms with E-state index in [2.05, 4.69) is 10.3 Å². The van der Waals surface area contributed by atoms with Crippen LogP contribution in [0.5, 0.6) is 0 Å². The Hall–Kier alpha value is -1.67. The lowest BCUT2D eigenvalue weighted by Crippen LogP contribution is -2.45. The Morgan fingerprint density at radius 1 is 1.46 bits per heavy atom. The highest BCUT2D eigenvalue weighted by Gasteiger charge is 2.34. The Kier molecular flexibility index (Phi) is 4.52. The van der Waals surface area contributed by atoms with Crippen molar-refractivity contribution in [1.29, 1.82) is 0 Å². The predicted molar refractivity (Wildman–Crippen MR) is 97.3 cm³/mol. The molecule has 0 radical (unpaired) electrons. The first-order chi connectivity index (χ1) is 11.2. The van der Waals surface area contributed by atoms with Gasteiger partial charge in [-0.05, 0) is 38.5 Å². The molecule has 2 aromatic rings. The smallest absolute Gasteiger partial charge is 0.244 e. The number of nitrogens with zero attached hydrogens (tertiary/aromatic N) is 2. The van der Waals surface area contributed by atoms with Crippen LogP contribution in [0.1, 0.15) is 18.4 Å². The number of carbonyl (C=O) groups excluding carboxylic acids is 1. The summed E-state index contributed by atoms with van der Waals surface area (Å²) in [7, 11) is -1.32. The van der Waals surface area contributed by atoms with Crippen LogP contribution in [-0.4, -0.2) is 54.8 Å². The third-order valence-electron chi connectivity index (χ3n) is 4.35. The molecule has 1 amide bonds. The predicted octanol–water partition coefficient (Wildman–Crippen LogP) is 2.05. The molecule has 3 rings (SSSR count). The highest BCUT2D eigenvalue weighted by Crippen LogP contribution is 2.25. The molecule has 0 saturated carbocycles. The quantitative estimate of drug-likeness (QED) is 0.895. The van der Waals surface area contributed by atoms with Crippen LogP contribution in [0.3, 0.4) is 0 Å². The molecular formula is C16H21N3O3S2. The van der Waals surface area contributed by atoms with Crippen molar-refractivity contribution in [3.8, 4) is 0 Å². The van der Waals surface area contributed by atoms with E-state index < -0.39 is 15.9 Å². The standard InChI is InChI=1S/C16H21N3O3S2/c1-10(16(20)19(3)13-6-7-24(21,22)9-13)17-12-4-5-14-15(8-12)23-11(2)18-14/h4-5,8,10,13,17H,6-7,9H2,1-3H3/t10-,13+/m1/s1. The van der Waals surface area contributed by atoms with Crippen LogP contribution in [0.15, 0.2) is 18.2 Å². The topological polar surface area (TPSA) is 79.4 Å². The molecule has 0 unspecified atom stereocenters. The molecule has 2 atom stereocenters. The zero-order valence-corrected chi connectivity index (χ0v) is 15.6. The minimum atomic E-state index is -3.00. The number of likely N-dealkylation sites (N-methyl/N-ethyl adjacent to an activating group) is 1. The van der Waals surface area contributed by atoms with Crippen LogP contribution in [-0.2, 0) is 14.6 Å². The lowest BCUT2D eigenvalue weighted by Gasteiger charge is -2.27. The van der Waals surface area contributed by atoms with Crippen molar-refractivity contribution >= 4 is 43.0 Å². The monoisotopic (exact) mass is 367 g/mol. The fraction of sp³-hybridized carbons (Fsp3) is 0.500. The lowest BCUT2D eigenvalue weighted by atomic mass is 10.2. The summed E-state index contributed by atoms with van der Waals surface area (Å²) in [6.07, 6.45) is 0.517. The average Bonchev–Trinajstić information content (AvgIpc) is 3.06. The molecular weight excluding hydrogens is 346 g/mol. The van der Waals surface area contributed by atoms with Crippen LogP contribution < -0.4 is 5.32 Å². The highest BCUT2D eigenvalue weighted by atomic mass is 32.2. The van der Waals surface area contributed by atoms with E-state index in [0.717, 1.165) is 20.9 Å². The second-order valence-corrected chi connectivity index (χ2v) is 9.75. The van der Waals surface area contributed by atoms with Gasteiger partial charge in [0.25, 0.3) is 0 Å². The van der Waals surface area contributed by atoms with E-state index in [1.54, 1.807) is 30.2 Å². The maximum atomic E-state index is 12.6. The highest BCUT2D eigenvalue weighted by molar-refractivity contribution is 7.91. The first-order valence-corrected chi connectivity index (χ1v) is 10.5. The van der Waals surface area contributed by atoms with Gasteiger partial charge >= 0.3 is 0 Å². The van der Waals surface area contributed by atoms with Gasteiger partial charge in [0.05, 0.1) is 26.7 Å². The maximum absolute atomic E-state index is 12.6. The van der Waals surface area contributed by atoms with Crippen molar-refractivity contribution in [2.45, 2.75) is 32.4 Å². The SMILES string of the molecule is Cc1nc2ccc(N[C@H](C)C(=O)N(C)[C@H]3CCS(=O)(=O)C3)cc2s1. The van der Waals surface area contributed by atoms with Gasteiger partial charge in [0, 0.05) is 18.8 Å². The lowest BCUT2D eigenvalue weighted by molar-refractivity contribution is -0.132. The molecule has 2 heterocycles. The van der Waals surface area contributed by atoms with Crippen molar-refractivity contribution in [3.05, 3.63) is 23.2 Å². The van der Waals surface area contributed by atoms with Gasteiger partial charge in [-0.25, -0.2) is 13.4 Å². The summed E-state index contributed by atoms with van der Waals surface area (Å²) in [5.74, 6) is 0.129. The van der Waals surface area contributed by atoms with Crippen LogP contribution in [0.4, 0.5) is 5.69 Å². The molecule has 1 aromatic heterocycles. The normalized spacial score (nSPS) is 20.9. The van der Waals surface area contributed by atoms with Gasteiger partial charge in [0.1, 0.15) is 6.04 Å². The van der Waals surface area contributed by atoms with Crippen molar-refractivity contribution in [3.63, 3.8) is 0 Å². The van der Waals surface area contributed by atoms with Gasteiger partial charge in [0.15, 0.2) is 9.84 Å². The summed E-state index contributed by atoms with van der Waals surface area (Å²) in [6, 6.07) is 5.18. The number of sulfone groups is 1. The first kappa shape index (κ1) is 17.2. The molecule has 0 spiro atoms. The van der Waals surface area contributed by atoms with E-state index >= 15 is 0 Å². The van der Waals surface area contributed by atoms with E-state index in [9.17, 15) is 13.2 Å². The largest absolute Gasteiger partial charge is 0.374 e. The van der Waals surface area contributed by atoms with Crippen LogP contribution in [0.2, 0.25) is 0 Å². The zero-order valence-electron chi connectivity index (χ0n) is 13.9. The minimum absolute atomic E-state index is 0.0636. The molecule has 0 aliphatic carbocycles. The number of thiazole rings is 1. The first-order valence-electron chi connectivity index (χ1n) is 7.86. The molecule has 1 N–H and O–H groups in total. The Morgan fingerprint density at radius 2 is 2.21 bits per heavy atom. The van der Waals surface area contributed by atoms with Crippen LogP contribution >= 0.6 is 11.3 Å². The zero-order chi connectivity index (χ0) is 17.5. The summed E-state index contributed by atoms with van der Waals surface area (Å²) < 4.78 is 24.3. The second-order valence-electron chi connectivity index (χ2n) is 6.29. The van der Waals surface area contributed by atoms with Gasteiger partial charge in [0.2, 0.25) is 5.91 Å². The van der Waals surface area contributed by atoms with Gasteiger partial charge in [-0.2, -0.15) is 0 Å². The van der Waals surface area contributed by atoms with Crippen LogP contribution in [0.25, 0.3) is 10.2 Å². The number of anilines is 1. The van der Waals surface area contributed by atoms with Crippen molar-refractivity contribution in [2.24, 2.45) is 0 Å². The number of aryl methyl sites for hydroxylation is 1. The Labute approximate surface area is 145 Å². The second kappa shape index (κ2) is 6.33. The fourth-order valence-electron chi connectivity index (χ4n) is 3.01. The van der Waals surface area contributed by atoms with E-state index in [-0.39, 0.29) is 23.5 Å². The average molecular weight is 367 g/mol. The molecule has 8 heteroatoms. The summed E-state index contributed by atoms with van der Waals surface area (Å²) in [5, 5.41) is 4.21. The van der Waals surface area contributed by atoms with Gasteiger partial charge in [-0.15, -0.1) is 11.3 Å². The van der Waals surface area contributed by atoms with Gasteiger partial charge < -0.3 is 10.2 Å².